The third kappa shape index (κ3) is 3.73. The van der Waals surface area contributed by atoms with E-state index in [1.165, 1.54) is 12.1 Å². The van der Waals surface area contributed by atoms with E-state index in [4.69, 9.17) is 4.74 Å². The van der Waals surface area contributed by atoms with Crippen LogP contribution in [-0.4, -0.2) is 51.2 Å². The van der Waals surface area contributed by atoms with Crippen LogP contribution in [0, 0.1) is 5.82 Å². The van der Waals surface area contributed by atoms with Gasteiger partial charge in [-0.3, -0.25) is 4.90 Å². The Balaban J connectivity index is 1.51. The predicted molar refractivity (Wildman–Crippen MR) is 87.3 cm³/mol. The van der Waals surface area contributed by atoms with Gasteiger partial charge in [-0.1, -0.05) is 5.21 Å². The van der Waals surface area contributed by atoms with Gasteiger partial charge >= 0.3 is 0 Å². The topological polar surface area (TPSA) is 63.4 Å². The quantitative estimate of drug-likeness (QED) is 0.875. The van der Waals surface area contributed by atoms with Crippen molar-refractivity contribution in [2.75, 3.05) is 26.2 Å². The maximum atomic E-state index is 12.8. The van der Waals surface area contributed by atoms with Crippen molar-refractivity contribution in [1.29, 1.82) is 0 Å². The number of ether oxygens (including phenoxy) is 1. The largest absolute Gasteiger partial charge is 0.492 e. The molecule has 1 fully saturated rings. The van der Waals surface area contributed by atoms with Crippen molar-refractivity contribution in [1.82, 2.24) is 19.9 Å². The molecule has 0 radical (unpaired) electrons. The molecule has 130 valence electrons. The fourth-order valence-electron chi connectivity index (χ4n) is 2.84. The SMILES string of the molecule is CC(C)n1cc(C2(O)CCN(CCOc3ccc(F)cc3)C2)nn1. The highest BCUT2D eigenvalue weighted by Gasteiger charge is 2.40. The lowest BCUT2D eigenvalue weighted by atomic mass is 10.00. The molecule has 1 unspecified atom stereocenters. The van der Waals surface area contributed by atoms with Gasteiger partial charge in [0.2, 0.25) is 0 Å². The lowest BCUT2D eigenvalue weighted by molar-refractivity contribution is 0.0403. The first-order valence-corrected chi connectivity index (χ1v) is 8.22. The maximum absolute atomic E-state index is 12.8. The molecular formula is C17H23FN4O2. The lowest BCUT2D eigenvalue weighted by Crippen LogP contribution is -2.33. The fourth-order valence-corrected chi connectivity index (χ4v) is 2.84. The van der Waals surface area contributed by atoms with Crippen molar-refractivity contribution in [3.05, 3.63) is 42.0 Å². The third-order valence-corrected chi connectivity index (χ3v) is 4.33. The van der Waals surface area contributed by atoms with Gasteiger partial charge in [0, 0.05) is 25.7 Å². The van der Waals surface area contributed by atoms with Gasteiger partial charge in [0.05, 0.1) is 6.20 Å². The molecule has 2 heterocycles. The number of rotatable bonds is 6. The lowest BCUT2D eigenvalue weighted by Gasteiger charge is -2.21. The van der Waals surface area contributed by atoms with E-state index in [2.05, 4.69) is 15.2 Å². The van der Waals surface area contributed by atoms with Crippen LogP contribution in [0.2, 0.25) is 0 Å². The molecule has 1 atom stereocenters. The number of benzene rings is 1. The minimum Gasteiger partial charge on any atom is -0.492 e. The number of hydrogen-bond donors (Lipinski definition) is 1. The van der Waals surface area contributed by atoms with Gasteiger partial charge in [-0.2, -0.15) is 0 Å². The number of β-amino-alcohol motifs (C(OH)–C–C–N with tert-alkyl or cyclic N) is 1. The number of likely N-dealkylation sites (tertiary alicyclic amines) is 1. The average Bonchev–Trinajstić information content (AvgIpc) is 3.18. The molecule has 0 spiro atoms. The zero-order valence-electron chi connectivity index (χ0n) is 14.0. The molecule has 1 N–H and O–H groups in total. The number of halogens is 1. The Morgan fingerprint density at radius 3 is 2.75 bits per heavy atom. The Morgan fingerprint density at radius 1 is 1.33 bits per heavy atom. The highest BCUT2D eigenvalue weighted by molar-refractivity contribution is 5.22. The van der Waals surface area contributed by atoms with Crippen molar-refractivity contribution in [3.8, 4) is 5.75 Å². The van der Waals surface area contributed by atoms with Gasteiger partial charge in [-0.25, -0.2) is 9.07 Å². The molecule has 1 aliphatic heterocycles. The normalized spacial score (nSPS) is 21.5. The first-order valence-electron chi connectivity index (χ1n) is 8.22. The zero-order valence-corrected chi connectivity index (χ0v) is 14.0. The second-order valence-electron chi connectivity index (χ2n) is 6.54. The van der Waals surface area contributed by atoms with Gasteiger partial charge in [0.1, 0.15) is 29.5 Å². The summed E-state index contributed by atoms with van der Waals surface area (Å²) in [7, 11) is 0. The molecule has 3 rings (SSSR count). The van der Waals surface area contributed by atoms with Crippen LogP contribution in [0.5, 0.6) is 5.75 Å². The smallest absolute Gasteiger partial charge is 0.124 e. The summed E-state index contributed by atoms with van der Waals surface area (Å²) in [6.45, 7) is 6.51. The van der Waals surface area contributed by atoms with E-state index in [0.29, 0.717) is 37.6 Å². The fraction of sp³-hybridized carbons (Fsp3) is 0.529. The van der Waals surface area contributed by atoms with Crippen LogP contribution in [0.15, 0.2) is 30.5 Å². The number of nitrogens with zero attached hydrogens (tertiary/aromatic N) is 4. The summed E-state index contributed by atoms with van der Waals surface area (Å²) in [6.07, 6.45) is 2.45. The summed E-state index contributed by atoms with van der Waals surface area (Å²) in [5.74, 6) is 0.368. The standard InChI is InChI=1S/C17H23FN4O2/c1-13(2)22-11-16(19-20-22)17(23)7-8-21(12-17)9-10-24-15-5-3-14(18)4-6-15/h3-6,11,13,23H,7-10,12H2,1-2H3. The van der Waals surface area contributed by atoms with Crippen LogP contribution in [0.1, 0.15) is 32.0 Å². The molecular weight excluding hydrogens is 311 g/mol. The summed E-state index contributed by atoms with van der Waals surface area (Å²) in [6, 6.07) is 6.19. The minimum atomic E-state index is -0.955. The molecule has 0 amide bonds. The van der Waals surface area contributed by atoms with Crippen LogP contribution in [0.4, 0.5) is 4.39 Å². The van der Waals surface area contributed by atoms with E-state index in [0.717, 1.165) is 6.54 Å². The molecule has 0 saturated carbocycles. The second kappa shape index (κ2) is 6.86. The van der Waals surface area contributed by atoms with Crippen molar-refractivity contribution in [3.63, 3.8) is 0 Å². The molecule has 6 nitrogen and oxygen atoms in total. The van der Waals surface area contributed by atoms with Gasteiger partial charge in [-0.05, 0) is 44.5 Å². The van der Waals surface area contributed by atoms with Crippen molar-refractivity contribution in [2.45, 2.75) is 31.9 Å². The third-order valence-electron chi connectivity index (χ3n) is 4.33. The van der Waals surface area contributed by atoms with Gasteiger partial charge in [-0.15, -0.1) is 5.10 Å². The number of hydrogen-bond acceptors (Lipinski definition) is 5. The van der Waals surface area contributed by atoms with Crippen LogP contribution in [-0.2, 0) is 5.60 Å². The van der Waals surface area contributed by atoms with Crippen molar-refractivity contribution in [2.24, 2.45) is 0 Å². The summed E-state index contributed by atoms with van der Waals surface area (Å²) in [5.41, 5.74) is -0.332. The molecule has 1 aromatic heterocycles. The van der Waals surface area contributed by atoms with E-state index in [9.17, 15) is 9.50 Å². The van der Waals surface area contributed by atoms with E-state index in [1.54, 1.807) is 16.8 Å². The molecule has 24 heavy (non-hydrogen) atoms. The van der Waals surface area contributed by atoms with E-state index in [-0.39, 0.29) is 11.9 Å². The van der Waals surface area contributed by atoms with Gasteiger partial charge < -0.3 is 9.84 Å². The average molecular weight is 334 g/mol. The monoisotopic (exact) mass is 334 g/mol. The van der Waals surface area contributed by atoms with Crippen LogP contribution in [0.3, 0.4) is 0 Å². The zero-order chi connectivity index (χ0) is 17.2. The molecule has 2 aromatic rings. The van der Waals surface area contributed by atoms with Crippen molar-refractivity contribution >= 4 is 0 Å². The molecule has 0 aliphatic carbocycles. The number of aliphatic hydroxyl groups is 1. The van der Waals surface area contributed by atoms with Crippen LogP contribution in [0.25, 0.3) is 0 Å². The summed E-state index contributed by atoms with van der Waals surface area (Å²) < 4.78 is 20.2. The first kappa shape index (κ1) is 16.9. The Morgan fingerprint density at radius 2 is 2.08 bits per heavy atom. The Bertz CT molecular complexity index is 673. The minimum absolute atomic E-state index is 0.219. The Kier molecular flexibility index (Phi) is 4.82. The summed E-state index contributed by atoms with van der Waals surface area (Å²) >= 11 is 0. The summed E-state index contributed by atoms with van der Waals surface area (Å²) in [5, 5.41) is 19.0. The predicted octanol–water partition coefficient (Wildman–Crippen LogP) is 1.97. The second-order valence-corrected chi connectivity index (χ2v) is 6.54. The summed E-state index contributed by atoms with van der Waals surface area (Å²) in [4.78, 5) is 2.14. The van der Waals surface area contributed by atoms with Crippen LogP contribution >= 0.6 is 0 Å². The number of aromatic nitrogens is 3. The Labute approximate surface area is 140 Å². The van der Waals surface area contributed by atoms with Crippen molar-refractivity contribution < 1.29 is 14.2 Å². The molecule has 0 bridgehead atoms. The molecule has 7 heteroatoms. The van der Waals surface area contributed by atoms with Gasteiger partial charge in [0.25, 0.3) is 0 Å². The highest BCUT2D eigenvalue weighted by Crippen LogP contribution is 2.30. The first-order chi connectivity index (χ1) is 11.5. The van der Waals surface area contributed by atoms with E-state index >= 15 is 0 Å². The van der Waals surface area contributed by atoms with Crippen LogP contribution < -0.4 is 4.74 Å². The molecule has 1 aromatic carbocycles. The van der Waals surface area contributed by atoms with E-state index < -0.39 is 5.60 Å². The molecule has 1 aliphatic rings. The Hall–Kier alpha value is -1.99. The molecule has 1 saturated heterocycles. The van der Waals surface area contributed by atoms with E-state index in [1.807, 2.05) is 20.0 Å². The highest BCUT2D eigenvalue weighted by atomic mass is 19.1. The van der Waals surface area contributed by atoms with Gasteiger partial charge in [0.15, 0.2) is 0 Å². The maximum Gasteiger partial charge on any atom is 0.124 e.